The molecule has 2 rings (SSSR count). The molecule has 0 aromatic carbocycles. The Morgan fingerprint density at radius 2 is 2.06 bits per heavy atom. The number of oxime groups is 1. The molecule has 1 aliphatic heterocycles. The maximum absolute atomic E-state index is 12.2. The number of rotatable bonds is 3. The number of carbonyl (C=O) groups excluding carboxylic acids is 1. The van der Waals surface area contributed by atoms with Crippen LogP contribution in [0, 0.1) is 5.41 Å². The lowest BCUT2D eigenvalue weighted by Crippen LogP contribution is -2.59. The summed E-state index contributed by atoms with van der Waals surface area (Å²) in [7, 11) is 0. The van der Waals surface area contributed by atoms with Gasteiger partial charge in [-0.05, 0) is 12.8 Å². The molecule has 0 radical (unpaired) electrons. The summed E-state index contributed by atoms with van der Waals surface area (Å²) < 4.78 is 5.19. The predicted molar refractivity (Wildman–Crippen MR) is 60.2 cm³/mol. The molecule has 4 N–H and O–H groups in total. The summed E-state index contributed by atoms with van der Waals surface area (Å²) in [6.07, 6.45) is 2.20. The van der Waals surface area contributed by atoms with Gasteiger partial charge in [-0.15, -0.1) is 0 Å². The highest BCUT2D eigenvalue weighted by Crippen LogP contribution is 2.41. The van der Waals surface area contributed by atoms with E-state index in [0.717, 1.165) is 6.42 Å². The lowest BCUT2D eigenvalue weighted by atomic mass is 9.67. The second-order valence-corrected chi connectivity index (χ2v) is 4.46. The van der Waals surface area contributed by atoms with Gasteiger partial charge in [-0.25, -0.2) is 5.01 Å². The molecule has 0 aromatic rings. The first-order valence-electron chi connectivity index (χ1n) is 5.81. The maximum atomic E-state index is 12.2. The van der Waals surface area contributed by atoms with Crippen molar-refractivity contribution >= 4 is 11.7 Å². The quantitative estimate of drug-likeness (QED) is 0.262. The van der Waals surface area contributed by atoms with Crippen molar-refractivity contribution in [1.82, 2.24) is 10.4 Å². The molecule has 7 nitrogen and oxygen atoms in total. The van der Waals surface area contributed by atoms with Crippen molar-refractivity contribution in [3.05, 3.63) is 0 Å². The molecule has 0 spiro atoms. The first kappa shape index (κ1) is 12.1. The van der Waals surface area contributed by atoms with E-state index >= 15 is 0 Å². The molecular weight excluding hydrogens is 224 g/mol. The van der Waals surface area contributed by atoms with Crippen LogP contribution in [0.25, 0.3) is 0 Å². The zero-order valence-electron chi connectivity index (χ0n) is 9.69. The predicted octanol–water partition coefficient (Wildman–Crippen LogP) is -0.734. The van der Waals surface area contributed by atoms with Gasteiger partial charge < -0.3 is 15.7 Å². The smallest absolute Gasteiger partial charge is 0.248 e. The van der Waals surface area contributed by atoms with Crippen LogP contribution in [0.4, 0.5) is 0 Å². The number of nitrogens with zero attached hydrogens (tertiary/aromatic N) is 2. The maximum Gasteiger partial charge on any atom is 0.248 e. The van der Waals surface area contributed by atoms with Crippen molar-refractivity contribution in [3.8, 4) is 0 Å². The van der Waals surface area contributed by atoms with Gasteiger partial charge in [0.15, 0.2) is 5.84 Å². The average molecular weight is 242 g/mol. The Kier molecular flexibility index (Phi) is 3.49. The lowest BCUT2D eigenvalue weighted by molar-refractivity contribution is -0.138. The average Bonchev–Trinajstić information content (AvgIpc) is 2.28. The Balaban J connectivity index is 1.98. The van der Waals surface area contributed by atoms with Gasteiger partial charge >= 0.3 is 0 Å². The highest BCUT2D eigenvalue weighted by atomic mass is 16.5. The molecule has 17 heavy (non-hydrogen) atoms. The van der Waals surface area contributed by atoms with Crippen LogP contribution in [0.1, 0.15) is 19.3 Å². The number of ether oxygens (including phenoxy) is 1. The van der Waals surface area contributed by atoms with E-state index in [1.807, 2.05) is 5.01 Å². The molecule has 7 heteroatoms. The molecule has 1 heterocycles. The number of hydrogen-bond acceptors (Lipinski definition) is 5. The Labute approximate surface area is 99.6 Å². The van der Waals surface area contributed by atoms with Crippen molar-refractivity contribution in [1.29, 1.82) is 0 Å². The highest BCUT2D eigenvalue weighted by molar-refractivity contribution is 6.07. The van der Waals surface area contributed by atoms with Crippen LogP contribution in [0.2, 0.25) is 0 Å². The van der Waals surface area contributed by atoms with Crippen LogP contribution in [0.5, 0.6) is 0 Å². The van der Waals surface area contributed by atoms with E-state index in [-0.39, 0.29) is 11.7 Å². The van der Waals surface area contributed by atoms with E-state index in [2.05, 4.69) is 10.6 Å². The SMILES string of the molecule is NC(=NO)C1(C(=O)NN2CCOCC2)CCC1. The van der Waals surface area contributed by atoms with E-state index in [1.54, 1.807) is 0 Å². The van der Waals surface area contributed by atoms with Crippen LogP contribution in [0.3, 0.4) is 0 Å². The zero-order valence-corrected chi connectivity index (χ0v) is 9.69. The number of hydrogen-bond donors (Lipinski definition) is 3. The van der Waals surface area contributed by atoms with Crippen LogP contribution >= 0.6 is 0 Å². The minimum atomic E-state index is -0.812. The fourth-order valence-electron chi connectivity index (χ4n) is 2.15. The zero-order chi connectivity index (χ0) is 12.3. The largest absolute Gasteiger partial charge is 0.409 e. The molecule has 2 aliphatic rings. The van der Waals surface area contributed by atoms with Gasteiger partial charge in [0.25, 0.3) is 0 Å². The molecule has 1 aliphatic carbocycles. The topological polar surface area (TPSA) is 100 Å². The molecule has 1 saturated carbocycles. The minimum absolute atomic E-state index is 0.00881. The van der Waals surface area contributed by atoms with Crippen molar-refractivity contribution in [2.24, 2.45) is 16.3 Å². The number of carbonyl (C=O) groups is 1. The Morgan fingerprint density at radius 3 is 2.53 bits per heavy atom. The number of nitrogens with one attached hydrogen (secondary N) is 1. The van der Waals surface area contributed by atoms with Crippen molar-refractivity contribution in [3.63, 3.8) is 0 Å². The van der Waals surface area contributed by atoms with Gasteiger partial charge in [-0.2, -0.15) is 0 Å². The Bertz CT molecular complexity index is 322. The van der Waals surface area contributed by atoms with Crippen LogP contribution in [-0.4, -0.2) is 48.3 Å². The monoisotopic (exact) mass is 242 g/mol. The van der Waals surface area contributed by atoms with Crippen LogP contribution in [0.15, 0.2) is 5.16 Å². The highest BCUT2D eigenvalue weighted by Gasteiger charge is 2.48. The van der Waals surface area contributed by atoms with Crippen LogP contribution in [-0.2, 0) is 9.53 Å². The van der Waals surface area contributed by atoms with Crippen molar-refractivity contribution in [2.75, 3.05) is 26.3 Å². The van der Waals surface area contributed by atoms with Gasteiger partial charge in [0.05, 0.1) is 13.2 Å². The summed E-state index contributed by atoms with van der Waals surface area (Å²) in [5, 5.41) is 13.5. The summed E-state index contributed by atoms with van der Waals surface area (Å²) >= 11 is 0. The number of nitrogens with two attached hydrogens (primary N) is 1. The molecule has 0 bridgehead atoms. The molecule has 1 amide bonds. The summed E-state index contributed by atoms with van der Waals surface area (Å²) in [5.41, 5.74) is 7.62. The number of amides is 1. The van der Waals surface area contributed by atoms with E-state index in [1.165, 1.54) is 0 Å². The third-order valence-electron chi connectivity index (χ3n) is 3.51. The molecule has 2 fully saturated rings. The number of amidine groups is 1. The summed E-state index contributed by atoms with van der Waals surface area (Å²) in [4.78, 5) is 12.2. The van der Waals surface area contributed by atoms with E-state index < -0.39 is 5.41 Å². The minimum Gasteiger partial charge on any atom is -0.409 e. The van der Waals surface area contributed by atoms with Gasteiger partial charge in [0.1, 0.15) is 5.41 Å². The standard InChI is InChI=1S/C10H18N4O3/c11-8(13-16)10(2-1-3-10)9(15)12-14-4-6-17-7-5-14/h16H,1-7H2,(H2,11,13)(H,12,15). The molecule has 96 valence electrons. The third kappa shape index (κ3) is 2.20. The normalized spacial score (nSPS) is 25.1. The summed E-state index contributed by atoms with van der Waals surface area (Å²) in [5.74, 6) is -0.171. The third-order valence-corrected chi connectivity index (χ3v) is 3.51. The lowest BCUT2D eigenvalue weighted by Gasteiger charge is -2.40. The number of morpholine rings is 1. The Morgan fingerprint density at radius 1 is 1.41 bits per heavy atom. The number of hydrazine groups is 1. The molecular formula is C10H18N4O3. The molecule has 0 aromatic heterocycles. The molecule has 0 unspecified atom stereocenters. The van der Waals surface area contributed by atoms with Gasteiger partial charge in [-0.3, -0.25) is 10.2 Å². The van der Waals surface area contributed by atoms with E-state index in [4.69, 9.17) is 15.7 Å². The first-order valence-corrected chi connectivity index (χ1v) is 5.81. The van der Waals surface area contributed by atoms with E-state index in [9.17, 15) is 4.79 Å². The van der Waals surface area contributed by atoms with Crippen molar-refractivity contribution < 1.29 is 14.7 Å². The fraction of sp³-hybridized carbons (Fsp3) is 0.800. The summed E-state index contributed by atoms with van der Waals surface area (Å²) in [6.45, 7) is 2.55. The fourth-order valence-corrected chi connectivity index (χ4v) is 2.15. The summed E-state index contributed by atoms with van der Waals surface area (Å²) in [6, 6.07) is 0. The molecule has 1 saturated heterocycles. The molecule has 0 atom stereocenters. The van der Waals surface area contributed by atoms with Crippen LogP contribution < -0.4 is 11.2 Å². The van der Waals surface area contributed by atoms with Gasteiger partial charge in [0, 0.05) is 13.1 Å². The second-order valence-electron chi connectivity index (χ2n) is 4.46. The van der Waals surface area contributed by atoms with E-state index in [0.29, 0.717) is 39.1 Å². The van der Waals surface area contributed by atoms with Gasteiger partial charge in [0.2, 0.25) is 5.91 Å². The first-order chi connectivity index (χ1) is 8.19. The second kappa shape index (κ2) is 4.89. The van der Waals surface area contributed by atoms with Crippen molar-refractivity contribution in [2.45, 2.75) is 19.3 Å². The van der Waals surface area contributed by atoms with Gasteiger partial charge in [-0.1, -0.05) is 11.6 Å². The Hall–Kier alpha value is -1.34.